The van der Waals surface area contributed by atoms with Crippen LogP contribution < -0.4 is 4.74 Å². The molecule has 0 aliphatic rings. The Kier molecular flexibility index (Phi) is 1.87. The van der Waals surface area contributed by atoms with Crippen LogP contribution in [-0.4, -0.2) is 31.1 Å². The van der Waals surface area contributed by atoms with Crippen molar-refractivity contribution in [3.63, 3.8) is 0 Å². The van der Waals surface area contributed by atoms with Gasteiger partial charge in [0.25, 0.3) is 0 Å². The lowest BCUT2D eigenvalue weighted by Crippen LogP contribution is -2.10. The van der Waals surface area contributed by atoms with E-state index in [1.165, 1.54) is 17.0 Å². The lowest BCUT2D eigenvalue weighted by Gasteiger charge is -2.10. The van der Waals surface area contributed by atoms with Gasteiger partial charge < -0.3 is 13.9 Å². The summed E-state index contributed by atoms with van der Waals surface area (Å²) in [6.45, 7) is -3.36. The summed E-state index contributed by atoms with van der Waals surface area (Å²) in [5.74, 6) is -1.17. The maximum atomic E-state index is 13.6. The number of H-pyrrole nitrogens is 1. The summed E-state index contributed by atoms with van der Waals surface area (Å²) in [6.07, 6.45) is 1.93. The number of nitrogens with zero attached hydrogens (tertiary/aromatic N) is 3. The molecule has 26 heavy (non-hydrogen) atoms. The molecule has 3 aromatic heterocycles. The average Bonchev–Trinajstić information content (AvgIpc) is 3.46. The number of pyridine rings is 1. The van der Waals surface area contributed by atoms with Crippen molar-refractivity contribution in [1.82, 2.24) is 19.5 Å². The molecule has 0 aliphatic heterocycles. The van der Waals surface area contributed by atoms with E-state index >= 15 is 0 Å². The van der Waals surface area contributed by atoms with Crippen molar-refractivity contribution < 1.29 is 28.5 Å². The Morgan fingerprint density at radius 3 is 3.12 bits per heavy atom. The van der Waals surface area contributed by atoms with Crippen LogP contribution in [0.15, 0.2) is 60.0 Å². The number of hydrogen-bond donors (Lipinski definition) is 1. The number of rotatable bonds is 5. The molecule has 4 aromatic rings. The Balaban J connectivity index is 1.97. The molecule has 0 bridgehead atoms. The number of nitrogens with one attached hydrogen (secondary N) is 1. The topological polar surface area (TPSA) is 78.8 Å². The fourth-order valence-corrected chi connectivity index (χ4v) is 2.86. The number of fused-ring (bicyclic) bond motifs is 1. The fraction of sp³-hybridized carbons (Fsp3) is 0.158. The third-order valence-corrected chi connectivity index (χ3v) is 4.19. The van der Waals surface area contributed by atoms with E-state index in [0.29, 0.717) is 0 Å². The van der Waals surface area contributed by atoms with E-state index in [-0.39, 0.29) is 16.2 Å². The van der Waals surface area contributed by atoms with E-state index in [0.717, 1.165) is 0 Å². The fourth-order valence-electron chi connectivity index (χ4n) is 2.10. The van der Waals surface area contributed by atoms with E-state index < -0.39 is 88.8 Å². The third-order valence-electron chi connectivity index (χ3n) is 3.30. The van der Waals surface area contributed by atoms with Crippen LogP contribution >= 0.6 is 0 Å². The molecule has 0 saturated carbocycles. The molecule has 3 heterocycles. The van der Waals surface area contributed by atoms with Crippen LogP contribution in [-0.2, 0) is 16.9 Å². The minimum Gasteiger partial charge on any atom is -0.609 e. The van der Waals surface area contributed by atoms with Gasteiger partial charge in [-0.1, -0.05) is 0 Å². The van der Waals surface area contributed by atoms with Crippen LogP contribution in [0, 0.1) is 6.85 Å². The summed E-state index contributed by atoms with van der Waals surface area (Å²) >= 11 is -3.14. The smallest absolute Gasteiger partial charge is 0.322 e. The maximum Gasteiger partial charge on any atom is 0.322 e. The van der Waals surface area contributed by atoms with Crippen LogP contribution in [0.1, 0.15) is 29.1 Å². The average molecular weight is 381 g/mol. The highest BCUT2D eigenvalue weighted by atomic mass is 32.2. The predicted molar refractivity (Wildman–Crippen MR) is 101 cm³/mol. The minimum atomic E-state index is -3.38. The zero-order valence-corrected chi connectivity index (χ0v) is 13.6. The van der Waals surface area contributed by atoms with Crippen LogP contribution in [0.25, 0.3) is 16.7 Å². The molecule has 7 heteroatoms. The number of imidazole rings is 1. The molecule has 0 amide bonds. The first-order valence-electron chi connectivity index (χ1n) is 14.0. The zero-order valence-electron chi connectivity index (χ0n) is 26.8. The van der Waals surface area contributed by atoms with Crippen molar-refractivity contribution in [3.8, 4) is 11.4 Å². The molecule has 0 spiro atoms. The SMILES string of the molecule is [2H]c1nc(C([2H])([2H])[S+]([O-])c2nc3c([2H])c(-n4cccc4)c([2H])c([2H])c3n2[2H])c(C([2H])([2H])[2H])c(OC([2H])([2H])[2H])c1[2H]. The second-order valence-corrected chi connectivity index (χ2v) is 6.00. The van der Waals surface area contributed by atoms with Gasteiger partial charge in [0.1, 0.15) is 5.75 Å². The molecule has 0 aliphatic carbocycles. The van der Waals surface area contributed by atoms with Crippen molar-refractivity contribution >= 4 is 22.2 Å². The lowest BCUT2D eigenvalue weighted by atomic mass is 10.2. The van der Waals surface area contributed by atoms with Crippen LogP contribution in [0.2, 0.25) is 1.41 Å². The number of hydrogen-bond acceptors (Lipinski definition) is 4. The van der Waals surface area contributed by atoms with E-state index in [2.05, 4.69) is 14.7 Å². The minimum absolute atomic E-state index is 0.0800. The predicted octanol–water partition coefficient (Wildman–Crippen LogP) is 3.37. The monoisotopic (exact) mass is 380 g/mol. The normalized spacial score (nSPS) is 21.7. The van der Waals surface area contributed by atoms with Gasteiger partial charge in [-0.3, -0.25) is 9.96 Å². The van der Waals surface area contributed by atoms with Gasteiger partial charge in [0.15, 0.2) is 7.12 Å². The van der Waals surface area contributed by atoms with Crippen LogP contribution in [0.5, 0.6) is 5.75 Å². The van der Waals surface area contributed by atoms with Crippen molar-refractivity contribution in [2.24, 2.45) is 0 Å². The van der Waals surface area contributed by atoms with Gasteiger partial charge in [0.2, 0.25) is 0 Å². The van der Waals surface area contributed by atoms with Gasteiger partial charge in [0.05, 0.1) is 37.5 Å². The second-order valence-electron chi connectivity index (χ2n) is 4.89. The summed E-state index contributed by atoms with van der Waals surface area (Å²) in [4.78, 5) is 7.75. The number of ether oxygens (including phenoxy) is 1. The van der Waals surface area contributed by atoms with Crippen molar-refractivity contribution in [2.45, 2.75) is 17.7 Å². The lowest BCUT2D eigenvalue weighted by molar-refractivity contribution is 0.410. The molecule has 1 aromatic carbocycles. The first-order valence-corrected chi connectivity index (χ1v) is 8.21. The summed E-state index contributed by atoms with van der Waals surface area (Å²) < 4.78 is 132. The Bertz CT molecular complexity index is 1610. The molecule has 4 rings (SSSR count). The van der Waals surface area contributed by atoms with E-state index in [4.69, 9.17) is 19.2 Å². The van der Waals surface area contributed by atoms with E-state index in [1.807, 2.05) is 0 Å². The highest BCUT2D eigenvalue weighted by Crippen LogP contribution is 2.24. The Morgan fingerprint density at radius 2 is 2.31 bits per heavy atom. The largest absolute Gasteiger partial charge is 0.609 e. The molecule has 6 nitrogen and oxygen atoms in total. The Morgan fingerprint density at radius 1 is 1.42 bits per heavy atom. The number of aromatic amines is 1. The standard InChI is InChI=1S/C19H18N4O2S/c1-13-17(20-8-7-18(13)25-2)12-26(24)19-21-15-6-5-14(11-16(15)22-19)23-9-3-4-10-23/h3-11H,12H2,1-2H3,(H,21,22)/i1D3,2D3,5D,6D,7D,8D,11D,12D2/hD. The van der Waals surface area contributed by atoms with Gasteiger partial charge in [-0.05, 0) is 43.2 Å². The van der Waals surface area contributed by atoms with Gasteiger partial charge in [0, 0.05) is 45.1 Å². The molecule has 0 fully saturated rings. The van der Waals surface area contributed by atoms with Gasteiger partial charge in [-0.25, -0.2) is 0 Å². The van der Waals surface area contributed by atoms with Gasteiger partial charge >= 0.3 is 5.16 Å². The second kappa shape index (κ2) is 6.86. The Hall–Kier alpha value is -2.77. The summed E-state index contributed by atoms with van der Waals surface area (Å²) in [6, 6.07) is 0.672. The highest BCUT2D eigenvalue weighted by molar-refractivity contribution is 7.90. The van der Waals surface area contributed by atoms with Crippen molar-refractivity contribution in [3.05, 3.63) is 66.1 Å². The van der Waals surface area contributed by atoms with E-state index in [1.54, 1.807) is 12.1 Å². The summed E-state index contributed by atoms with van der Waals surface area (Å²) in [5.41, 5.74) is -6.67. The molecule has 0 radical (unpaired) electrons. The van der Waals surface area contributed by atoms with E-state index in [9.17, 15) is 4.55 Å². The molecule has 132 valence electrons. The quantitative estimate of drug-likeness (QED) is 0.538. The van der Waals surface area contributed by atoms with Crippen molar-refractivity contribution in [1.29, 1.82) is 0 Å². The molecular weight excluding hydrogens is 348 g/mol. The number of aromatic nitrogens is 4. The molecule has 1 N–H and O–H groups in total. The summed E-state index contributed by atoms with van der Waals surface area (Å²) in [7, 11) is -3.30. The van der Waals surface area contributed by atoms with Crippen LogP contribution in [0.3, 0.4) is 0 Å². The van der Waals surface area contributed by atoms with Gasteiger partial charge in [-0.2, -0.15) is 4.98 Å². The molecule has 0 saturated heterocycles. The highest BCUT2D eigenvalue weighted by Gasteiger charge is 2.20. The number of methoxy groups -OCH3 is 1. The number of benzene rings is 1. The first kappa shape index (κ1) is 7.09. The van der Waals surface area contributed by atoms with Crippen molar-refractivity contribution in [2.75, 3.05) is 7.04 Å². The maximum absolute atomic E-state index is 13.6. The molecule has 1 unspecified atom stereocenters. The first-order chi connectivity index (χ1) is 18.3. The van der Waals surface area contributed by atoms with Crippen LogP contribution in [0.4, 0.5) is 0 Å². The summed E-state index contributed by atoms with van der Waals surface area (Å²) in [5, 5.41) is -0.885. The van der Waals surface area contributed by atoms with Gasteiger partial charge in [-0.15, -0.1) is 0 Å². The Labute approximate surface area is 173 Å². The molecular formula is C19H18N4O2S. The molecule has 1 atom stereocenters. The zero-order chi connectivity index (χ0) is 30.1. The third kappa shape index (κ3) is 3.07.